The molecule has 0 radical (unpaired) electrons. The van der Waals surface area contributed by atoms with Gasteiger partial charge in [0, 0.05) is 22.0 Å². The van der Waals surface area contributed by atoms with E-state index in [1.807, 2.05) is 0 Å². The molecule has 1 heterocycles. The van der Waals surface area contributed by atoms with Crippen LogP contribution in [0, 0.1) is 6.92 Å². The number of hydrogen-bond donors (Lipinski definition) is 1. The van der Waals surface area contributed by atoms with E-state index in [0.717, 1.165) is 34.7 Å². The van der Waals surface area contributed by atoms with Crippen LogP contribution >= 0.6 is 27.3 Å². The van der Waals surface area contributed by atoms with Gasteiger partial charge in [-0.25, -0.2) is 4.98 Å². The summed E-state index contributed by atoms with van der Waals surface area (Å²) in [5, 5.41) is 6.59. The van der Waals surface area contributed by atoms with Crippen molar-refractivity contribution >= 4 is 27.3 Å². The van der Waals surface area contributed by atoms with E-state index in [9.17, 15) is 0 Å². The maximum absolute atomic E-state index is 4.66. The average Bonchev–Trinajstić information content (AvgIpc) is 2.82. The lowest BCUT2D eigenvalue weighted by Crippen LogP contribution is -2.13. The van der Waals surface area contributed by atoms with Crippen molar-refractivity contribution in [2.24, 2.45) is 0 Å². The summed E-state index contributed by atoms with van der Waals surface area (Å²) in [5.74, 6) is 0. The molecule has 1 N–H and O–H groups in total. The lowest BCUT2D eigenvalue weighted by atomic mass is 10.2. The molecule has 96 valence electrons. The van der Waals surface area contributed by atoms with Gasteiger partial charge in [-0.3, -0.25) is 0 Å². The van der Waals surface area contributed by atoms with Crippen molar-refractivity contribution in [2.75, 3.05) is 6.54 Å². The van der Waals surface area contributed by atoms with Gasteiger partial charge in [-0.15, -0.1) is 11.3 Å². The summed E-state index contributed by atoms with van der Waals surface area (Å²) in [6.07, 6.45) is 1.15. The molecule has 1 aromatic carbocycles. The first kappa shape index (κ1) is 13.7. The number of nitrogens with zero attached hydrogens (tertiary/aromatic N) is 1. The molecule has 4 heteroatoms. The number of aromatic nitrogens is 1. The van der Waals surface area contributed by atoms with Crippen molar-refractivity contribution in [1.82, 2.24) is 10.3 Å². The Morgan fingerprint density at radius 2 is 2.22 bits per heavy atom. The molecule has 0 bridgehead atoms. The molecule has 2 rings (SSSR count). The molecule has 2 aromatic rings. The molecule has 1 aromatic heterocycles. The Kier molecular flexibility index (Phi) is 4.92. The third kappa shape index (κ3) is 3.40. The summed E-state index contributed by atoms with van der Waals surface area (Å²) >= 11 is 5.27. The smallest absolute Gasteiger partial charge is 0.123 e. The molecule has 0 fully saturated rings. The van der Waals surface area contributed by atoms with Gasteiger partial charge >= 0.3 is 0 Å². The predicted octanol–water partition coefficient (Wildman–Crippen LogP) is 4.38. The van der Waals surface area contributed by atoms with Crippen molar-refractivity contribution < 1.29 is 0 Å². The largest absolute Gasteiger partial charge is 0.311 e. The lowest BCUT2D eigenvalue weighted by molar-refractivity contribution is 0.667. The third-order valence-corrected chi connectivity index (χ3v) is 4.50. The first-order valence-corrected chi connectivity index (χ1v) is 7.79. The molecule has 18 heavy (non-hydrogen) atoms. The highest BCUT2D eigenvalue weighted by molar-refractivity contribution is 9.10. The first-order chi connectivity index (χ1) is 8.70. The van der Waals surface area contributed by atoms with Gasteiger partial charge in [0.1, 0.15) is 5.01 Å². The number of aryl methyl sites for hydroxylation is 1. The molecule has 0 aliphatic heterocycles. The second kappa shape index (κ2) is 6.45. The zero-order chi connectivity index (χ0) is 13.0. The van der Waals surface area contributed by atoms with E-state index in [1.165, 1.54) is 11.1 Å². The average molecular weight is 325 g/mol. The van der Waals surface area contributed by atoms with Crippen LogP contribution in [0.1, 0.15) is 24.6 Å². The second-order valence-corrected chi connectivity index (χ2v) is 6.00. The van der Waals surface area contributed by atoms with Crippen LogP contribution in [-0.4, -0.2) is 11.5 Å². The highest BCUT2D eigenvalue weighted by Gasteiger charge is 2.06. The van der Waals surface area contributed by atoms with E-state index in [0.29, 0.717) is 0 Å². The standard InChI is InChI=1S/C14H17BrN2S/c1-3-6-16-8-12-9-18-14(17-12)11-5-4-10(2)13(15)7-11/h4-5,7,9,16H,3,6,8H2,1-2H3. The maximum atomic E-state index is 4.66. The fourth-order valence-electron chi connectivity index (χ4n) is 1.64. The first-order valence-electron chi connectivity index (χ1n) is 6.12. The maximum Gasteiger partial charge on any atom is 0.123 e. The number of benzene rings is 1. The highest BCUT2D eigenvalue weighted by Crippen LogP contribution is 2.28. The van der Waals surface area contributed by atoms with E-state index in [2.05, 4.69) is 63.7 Å². The Balaban J connectivity index is 2.11. The van der Waals surface area contributed by atoms with Crippen LogP contribution in [0.15, 0.2) is 28.1 Å². The van der Waals surface area contributed by atoms with Crippen LogP contribution in [0.4, 0.5) is 0 Å². The predicted molar refractivity (Wildman–Crippen MR) is 82.0 cm³/mol. The summed E-state index contributed by atoms with van der Waals surface area (Å²) in [6.45, 7) is 6.17. The van der Waals surface area contributed by atoms with Crippen LogP contribution in [0.2, 0.25) is 0 Å². The van der Waals surface area contributed by atoms with Gasteiger partial charge in [-0.2, -0.15) is 0 Å². The van der Waals surface area contributed by atoms with E-state index in [1.54, 1.807) is 11.3 Å². The molecular formula is C14H17BrN2S. The zero-order valence-electron chi connectivity index (χ0n) is 10.7. The van der Waals surface area contributed by atoms with Crippen LogP contribution < -0.4 is 5.32 Å². The molecule has 2 nitrogen and oxygen atoms in total. The Bertz CT molecular complexity index is 522. The highest BCUT2D eigenvalue weighted by atomic mass is 79.9. The third-order valence-electron chi connectivity index (χ3n) is 2.70. The van der Waals surface area contributed by atoms with Crippen molar-refractivity contribution in [3.05, 3.63) is 39.3 Å². The molecule has 0 saturated heterocycles. The zero-order valence-corrected chi connectivity index (χ0v) is 13.1. The van der Waals surface area contributed by atoms with Gasteiger partial charge < -0.3 is 5.32 Å². The van der Waals surface area contributed by atoms with E-state index in [4.69, 9.17) is 0 Å². The number of hydrogen-bond acceptors (Lipinski definition) is 3. The monoisotopic (exact) mass is 324 g/mol. The molecule has 0 amide bonds. The minimum absolute atomic E-state index is 0.859. The Labute approximate surface area is 121 Å². The summed E-state index contributed by atoms with van der Waals surface area (Å²) in [6, 6.07) is 6.38. The van der Waals surface area contributed by atoms with Crippen molar-refractivity contribution in [3.8, 4) is 10.6 Å². The van der Waals surface area contributed by atoms with Gasteiger partial charge in [0.2, 0.25) is 0 Å². The molecule has 0 aliphatic rings. The normalized spacial score (nSPS) is 10.8. The van der Waals surface area contributed by atoms with Gasteiger partial charge in [-0.1, -0.05) is 35.0 Å². The minimum Gasteiger partial charge on any atom is -0.311 e. The molecule has 0 spiro atoms. The summed E-state index contributed by atoms with van der Waals surface area (Å²) < 4.78 is 1.14. The quantitative estimate of drug-likeness (QED) is 0.825. The number of halogens is 1. The van der Waals surface area contributed by atoms with Gasteiger partial charge in [0.25, 0.3) is 0 Å². The topological polar surface area (TPSA) is 24.9 Å². The number of thiazole rings is 1. The van der Waals surface area contributed by atoms with Gasteiger partial charge in [-0.05, 0) is 31.5 Å². The van der Waals surface area contributed by atoms with Gasteiger partial charge in [0.05, 0.1) is 5.69 Å². The summed E-state index contributed by atoms with van der Waals surface area (Å²) in [4.78, 5) is 4.66. The van der Waals surface area contributed by atoms with Crippen LogP contribution in [0.25, 0.3) is 10.6 Å². The SMILES string of the molecule is CCCNCc1csc(-c2ccc(C)c(Br)c2)n1. The molecule has 0 atom stereocenters. The lowest BCUT2D eigenvalue weighted by Gasteiger charge is -2.01. The van der Waals surface area contributed by atoms with Crippen molar-refractivity contribution in [2.45, 2.75) is 26.8 Å². The fraction of sp³-hybridized carbons (Fsp3) is 0.357. The molecular weight excluding hydrogens is 308 g/mol. The van der Waals surface area contributed by atoms with Crippen molar-refractivity contribution in [3.63, 3.8) is 0 Å². The van der Waals surface area contributed by atoms with E-state index in [-0.39, 0.29) is 0 Å². The molecule has 0 aliphatic carbocycles. The summed E-state index contributed by atoms with van der Waals surface area (Å²) in [7, 11) is 0. The fourth-order valence-corrected chi connectivity index (χ4v) is 2.84. The number of nitrogens with one attached hydrogen (secondary N) is 1. The van der Waals surface area contributed by atoms with Gasteiger partial charge in [0.15, 0.2) is 0 Å². The Morgan fingerprint density at radius 3 is 2.94 bits per heavy atom. The van der Waals surface area contributed by atoms with E-state index >= 15 is 0 Å². The number of rotatable bonds is 5. The Hall–Kier alpha value is -0.710. The van der Waals surface area contributed by atoms with Crippen molar-refractivity contribution in [1.29, 1.82) is 0 Å². The Morgan fingerprint density at radius 1 is 1.39 bits per heavy atom. The molecule has 0 unspecified atom stereocenters. The van der Waals surface area contributed by atoms with Crippen LogP contribution in [0.5, 0.6) is 0 Å². The van der Waals surface area contributed by atoms with E-state index < -0.39 is 0 Å². The van der Waals surface area contributed by atoms with Crippen LogP contribution in [0.3, 0.4) is 0 Å². The second-order valence-electron chi connectivity index (χ2n) is 4.28. The van der Waals surface area contributed by atoms with Crippen LogP contribution in [-0.2, 0) is 6.54 Å². The summed E-state index contributed by atoms with van der Waals surface area (Å²) in [5.41, 5.74) is 3.56. The minimum atomic E-state index is 0.859. The molecule has 0 saturated carbocycles.